The zero-order valence-electron chi connectivity index (χ0n) is 11.2. The molecule has 2 aliphatic heterocycles. The van der Waals surface area contributed by atoms with E-state index in [1.807, 2.05) is 4.90 Å². The Morgan fingerprint density at radius 1 is 1.43 bits per heavy atom. The molecule has 111 valence electrons. The van der Waals surface area contributed by atoms with Gasteiger partial charge < -0.3 is 15.4 Å². The highest BCUT2D eigenvalue weighted by Gasteiger charge is 2.33. The molecule has 0 bridgehead atoms. The van der Waals surface area contributed by atoms with Gasteiger partial charge in [-0.05, 0) is 24.8 Å². The minimum Gasteiger partial charge on any atom is -0.488 e. The molecule has 3 rings (SSSR count). The topological polar surface area (TPSA) is 52.6 Å². The van der Waals surface area contributed by atoms with Crippen LogP contribution in [0.3, 0.4) is 0 Å². The monoisotopic (exact) mass is 310 g/mol. The lowest BCUT2D eigenvalue weighted by Crippen LogP contribution is -2.44. The van der Waals surface area contributed by atoms with Crippen LogP contribution in [-0.4, -0.2) is 29.2 Å². The zero-order chi connectivity index (χ0) is 15.0. The molecule has 4 nitrogen and oxygen atoms in total. The van der Waals surface area contributed by atoms with Crippen molar-refractivity contribution < 1.29 is 13.5 Å². The van der Waals surface area contributed by atoms with Crippen LogP contribution in [0, 0.1) is 11.6 Å². The van der Waals surface area contributed by atoms with E-state index in [2.05, 4.69) is 5.32 Å². The van der Waals surface area contributed by atoms with Crippen LogP contribution >= 0.6 is 12.2 Å². The van der Waals surface area contributed by atoms with E-state index in [0.717, 1.165) is 11.8 Å². The first-order valence-electron chi connectivity index (χ1n) is 6.64. The van der Waals surface area contributed by atoms with E-state index < -0.39 is 11.6 Å². The van der Waals surface area contributed by atoms with Crippen LogP contribution in [-0.2, 0) is 6.42 Å². The van der Waals surface area contributed by atoms with E-state index >= 15 is 0 Å². The third-order valence-electron chi connectivity index (χ3n) is 3.57. The molecule has 1 unspecified atom stereocenters. The fourth-order valence-electron chi connectivity index (χ4n) is 2.69. The lowest BCUT2D eigenvalue weighted by atomic mass is 10.0. The molecule has 7 heteroatoms. The van der Waals surface area contributed by atoms with Crippen LogP contribution in [0.25, 0.3) is 0 Å². The smallest absolute Gasteiger partial charge is 0.200 e. The van der Waals surface area contributed by atoms with Gasteiger partial charge in [-0.2, -0.15) is 0 Å². The van der Waals surface area contributed by atoms with Crippen molar-refractivity contribution in [3.8, 4) is 5.75 Å². The second-order valence-electron chi connectivity index (χ2n) is 4.99. The van der Waals surface area contributed by atoms with Gasteiger partial charge >= 0.3 is 0 Å². The molecule has 0 saturated heterocycles. The van der Waals surface area contributed by atoms with Crippen LogP contribution in [0.15, 0.2) is 24.0 Å². The van der Waals surface area contributed by atoms with Crippen molar-refractivity contribution >= 4 is 17.3 Å². The van der Waals surface area contributed by atoms with Crippen molar-refractivity contribution in [2.24, 2.45) is 5.73 Å². The zero-order valence-corrected chi connectivity index (χ0v) is 12.0. The number of benzene rings is 1. The summed E-state index contributed by atoms with van der Waals surface area (Å²) in [6.45, 7) is 0.751. The summed E-state index contributed by atoms with van der Waals surface area (Å²) in [6, 6.07) is 2.00. The molecule has 0 saturated carbocycles. The Hall–Kier alpha value is -1.73. The molecule has 1 atom stereocenters. The molecular formula is C14H14F2N3OS. The molecule has 0 aromatic heterocycles. The van der Waals surface area contributed by atoms with Gasteiger partial charge in [0.25, 0.3) is 0 Å². The number of fused-ring (bicyclic) bond motifs is 1. The van der Waals surface area contributed by atoms with Gasteiger partial charge in [-0.1, -0.05) is 0 Å². The second-order valence-corrected chi connectivity index (χ2v) is 5.35. The quantitative estimate of drug-likeness (QED) is 0.863. The molecule has 0 aliphatic carbocycles. The largest absolute Gasteiger partial charge is 0.488 e. The highest BCUT2D eigenvalue weighted by molar-refractivity contribution is 7.80. The van der Waals surface area contributed by atoms with Gasteiger partial charge in [-0.15, -0.1) is 0 Å². The Morgan fingerprint density at radius 2 is 2.24 bits per heavy atom. The van der Waals surface area contributed by atoms with Gasteiger partial charge in [0.1, 0.15) is 12.4 Å². The summed E-state index contributed by atoms with van der Waals surface area (Å²) in [4.78, 5) is 1.87. The Morgan fingerprint density at radius 3 is 3.00 bits per heavy atom. The molecule has 2 N–H and O–H groups in total. The minimum absolute atomic E-state index is 0.124. The average molecular weight is 310 g/mol. The number of thiocarbonyl (C=S) groups is 1. The molecule has 1 radical (unpaired) electrons. The number of rotatable bonds is 3. The lowest BCUT2D eigenvalue weighted by Gasteiger charge is -2.34. The van der Waals surface area contributed by atoms with E-state index in [1.54, 1.807) is 6.20 Å². The minimum atomic E-state index is -0.671. The Balaban J connectivity index is 1.86. The van der Waals surface area contributed by atoms with Gasteiger partial charge in [-0.25, -0.2) is 14.1 Å². The molecular weight excluding hydrogens is 296 g/mol. The number of halogens is 2. The normalized spacial score (nSPS) is 20.7. The lowest BCUT2D eigenvalue weighted by molar-refractivity contribution is 0.188. The number of nitrogens with two attached hydrogens (primary N) is 1. The Kier molecular flexibility index (Phi) is 3.77. The maximum atomic E-state index is 13.7. The van der Waals surface area contributed by atoms with Gasteiger partial charge in [-0.3, -0.25) is 0 Å². The van der Waals surface area contributed by atoms with Crippen LogP contribution in [0.2, 0.25) is 0 Å². The summed E-state index contributed by atoms with van der Waals surface area (Å²) in [5.41, 5.74) is 7.00. The standard InChI is InChI=1S/C14H14F2N3OS/c15-9-3-8-4-11(7-20-13(8)12(16)5-9)19-10(1-2-17)6-18-14(19)21/h3,5-6,11H,1-2,4,7,17H2. The Bertz CT molecular complexity index is 620. The molecule has 21 heavy (non-hydrogen) atoms. The van der Waals surface area contributed by atoms with E-state index in [1.165, 1.54) is 6.07 Å². The number of hydrogen-bond donors (Lipinski definition) is 1. The maximum Gasteiger partial charge on any atom is 0.200 e. The first kappa shape index (κ1) is 14.2. The van der Waals surface area contributed by atoms with Gasteiger partial charge in [0.2, 0.25) is 0 Å². The summed E-state index contributed by atoms with van der Waals surface area (Å²) in [7, 11) is 0. The highest BCUT2D eigenvalue weighted by atomic mass is 32.1. The highest BCUT2D eigenvalue weighted by Crippen LogP contribution is 2.32. The van der Waals surface area contributed by atoms with Crippen LogP contribution in [0.1, 0.15) is 12.0 Å². The number of hydrogen-bond acceptors (Lipinski definition) is 3. The van der Waals surface area contributed by atoms with E-state index in [9.17, 15) is 8.78 Å². The van der Waals surface area contributed by atoms with E-state index in [0.29, 0.717) is 30.1 Å². The molecule has 0 amide bonds. The molecule has 2 aliphatic rings. The maximum absolute atomic E-state index is 13.7. The molecule has 2 heterocycles. The predicted octanol–water partition coefficient (Wildman–Crippen LogP) is 1.66. The van der Waals surface area contributed by atoms with Gasteiger partial charge in [0, 0.05) is 36.4 Å². The van der Waals surface area contributed by atoms with Crippen molar-refractivity contribution in [2.45, 2.75) is 18.9 Å². The van der Waals surface area contributed by atoms with E-state index in [4.69, 9.17) is 22.7 Å². The van der Waals surface area contributed by atoms with Crippen LogP contribution < -0.4 is 15.8 Å². The van der Waals surface area contributed by atoms with Crippen molar-refractivity contribution in [3.05, 3.63) is 41.2 Å². The predicted molar refractivity (Wildman–Crippen MR) is 77.7 cm³/mol. The van der Waals surface area contributed by atoms with Crippen LogP contribution in [0.5, 0.6) is 5.75 Å². The number of ether oxygens (including phenoxy) is 1. The fourth-order valence-corrected chi connectivity index (χ4v) is 3.00. The second kappa shape index (κ2) is 5.57. The SMILES string of the molecule is NCCC1=C[N]C(=S)N1C1COc2c(F)cc(F)cc2C1. The van der Waals surface area contributed by atoms with Gasteiger partial charge in [0.15, 0.2) is 16.7 Å². The summed E-state index contributed by atoms with van der Waals surface area (Å²) < 4.78 is 32.5. The summed E-state index contributed by atoms with van der Waals surface area (Å²) in [6.07, 6.45) is 2.78. The third-order valence-corrected chi connectivity index (χ3v) is 3.87. The van der Waals surface area contributed by atoms with Gasteiger partial charge in [0.05, 0.1) is 6.04 Å². The average Bonchev–Trinajstić information content (AvgIpc) is 2.79. The van der Waals surface area contributed by atoms with Crippen molar-refractivity contribution in [1.82, 2.24) is 10.2 Å². The first-order valence-corrected chi connectivity index (χ1v) is 7.05. The van der Waals surface area contributed by atoms with Crippen molar-refractivity contribution in [2.75, 3.05) is 13.2 Å². The fraction of sp³-hybridized carbons (Fsp3) is 0.357. The molecule has 1 aromatic carbocycles. The van der Waals surface area contributed by atoms with Crippen molar-refractivity contribution in [1.29, 1.82) is 0 Å². The summed E-state index contributed by atoms with van der Waals surface area (Å²) in [5.74, 6) is -1.16. The van der Waals surface area contributed by atoms with Crippen molar-refractivity contribution in [3.63, 3.8) is 0 Å². The van der Waals surface area contributed by atoms with E-state index in [-0.39, 0.29) is 18.4 Å². The summed E-state index contributed by atoms with van der Waals surface area (Å²) in [5, 5.41) is 4.56. The first-order chi connectivity index (χ1) is 10.1. The third kappa shape index (κ3) is 2.58. The molecule has 0 spiro atoms. The van der Waals surface area contributed by atoms with Crippen LogP contribution in [0.4, 0.5) is 8.78 Å². The Labute approximate surface area is 126 Å². The summed E-state index contributed by atoms with van der Waals surface area (Å²) >= 11 is 5.23. The molecule has 0 fully saturated rings. The molecule has 1 aromatic rings. The number of nitrogens with zero attached hydrogens (tertiary/aromatic N) is 2.